The maximum atomic E-state index is 11.6. The summed E-state index contributed by atoms with van der Waals surface area (Å²) in [6, 6.07) is -0.188. The molecule has 1 aliphatic carbocycles. The molecule has 0 radical (unpaired) electrons. The predicted molar refractivity (Wildman–Crippen MR) is 68.9 cm³/mol. The fourth-order valence-corrected chi connectivity index (χ4v) is 2.25. The zero-order valence-corrected chi connectivity index (χ0v) is 10.9. The van der Waals surface area contributed by atoms with Crippen LogP contribution >= 0.6 is 0 Å². The van der Waals surface area contributed by atoms with Gasteiger partial charge in [-0.25, -0.2) is 4.79 Å². The second-order valence-electron chi connectivity index (χ2n) is 4.92. The number of nitrogens with one attached hydrogen (secondary N) is 2. The first kappa shape index (κ1) is 14.3. The SMILES string of the molecule is CCCCCCNC(=O)N[C@@H]1CCCC[C@@H]1O. The van der Waals surface area contributed by atoms with E-state index in [2.05, 4.69) is 17.6 Å². The molecule has 17 heavy (non-hydrogen) atoms. The van der Waals surface area contributed by atoms with Crippen LogP contribution in [0.3, 0.4) is 0 Å². The number of rotatable bonds is 6. The first-order chi connectivity index (χ1) is 8.24. The van der Waals surface area contributed by atoms with E-state index in [1.54, 1.807) is 0 Å². The third-order valence-corrected chi connectivity index (χ3v) is 3.36. The van der Waals surface area contributed by atoms with Crippen LogP contribution in [0.25, 0.3) is 0 Å². The Hall–Kier alpha value is -0.770. The Balaban J connectivity index is 2.07. The monoisotopic (exact) mass is 242 g/mol. The van der Waals surface area contributed by atoms with Gasteiger partial charge in [-0.15, -0.1) is 0 Å². The average Bonchev–Trinajstić information content (AvgIpc) is 2.32. The van der Waals surface area contributed by atoms with Crippen LogP contribution in [0.1, 0.15) is 58.3 Å². The summed E-state index contributed by atoms with van der Waals surface area (Å²) in [6.07, 6.45) is 8.14. The standard InChI is InChI=1S/C13H26N2O2/c1-2-3-4-7-10-14-13(17)15-11-8-5-6-9-12(11)16/h11-12,16H,2-10H2,1H3,(H2,14,15,17)/t11-,12+/m1/s1. The highest BCUT2D eigenvalue weighted by molar-refractivity contribution is 5.74. The summed E-state index contributed by atoms with van der Waals surface area (Å²) < 4.78 is 0. The number of carbonyl (C=O) groups is 1. The fourth-order valence-electron chi connectivity index (χ4n) is 2.25. The van der Waals surface area contributed by atoms with Gasteiger partial charge in [-0.05, 0) is 19.3 Å². The van der Waals surface area contributed by atoms with Crippen molar-refractivity contribution in [1.29, 1.82) is 0 Å². The number of amides is 2. The molecule has 0 unspecified atom stereocenters. The van der Waals surface area contributed by atoms with Gasteiger partial charge in [-0.1, -0.05) is 39.0 Å². The lowest BCUT2D eigenvalue weighted by atomic mass is 9.93. The Morgan fingerprint density at radius 3 is 2.71 bits per heavy atom. The number of hydrogen-bond donors (Lipinski definition) is 3. The zero-order chi connectivity index (χ0) is 12.5. The molecule has 2 atom stereocenters. The van der Waals surface area contributed by atoms with Crippen LogP contribution in [0.5, 0.6) is 0 Å². The van der Waals surface area contributed by atoms with Crippen molar-refractivity contribution in [1.82, 2.24) is 10.6 Å². The van der Waals surface area contributed by atoms with Crippen LogP contribution in [0.2, 0.25) is 0 Å². The van der Waals surface area contributed by atoms with Gasteiger partial charge in [0.15, 0.2) is 0 Å². The Morgan fingerprint density at radius 2 is 2.00 bits per heavy atom. The van der Waals surface area contributed by atoms with Crippen molar-refractivity contribution in [2.24, 2.45) is 0 Å². The maximum absolute atomic E-state index is 11.6. The van der Waals surface area contributed by atoms with E-state index in [1.165, 1.54) is 19.3 Å². The first-order valence-electron chi connectivity index (χ1n) is 6.96. The molecule has 4 nitrogen and oxygen atoms in total. The molecular weight excluding hydrogens is 216 g/mol. The first-order valence-corrected chi connectivity index (χ1v) is 6.96. The lowest BCUT2D eigenvalue weighted by Crippen LogP contribution is -2.49. The molecule has 1 fully saturated rings. The molecule has 0 saturated heterocycles. The Morgan fingerprint density at radius 1 is 1.24 bits per heavy atom. The molecule has 2 amide bonds. The molecule has 0 aromatic heterocycles. The Labute approximate surface area is 104 Å². The van der Waals surface area contributed by atoms with Crippen LogP contribution in [0.15, 0.2) is 0 Å². The Kier molecular flexibility index (Phi) is 7.01. The molecule has 0 aliphatic heterocycles. The molecule has 4 heteroatoms. The summed E-state index contributed by atoms with van der Waals surface area (Å²) in [4.78, 5) is 11.6. The topological polar surface area (TPSA) is 61.4 Å². The van der Waals surface area contributed by atoms with Crippen molar-refractivity contribution < 1.29 is 9.90 Å². The normalized spacial score (nSPS) is 24.4. The molecular formula is C13H26N2O2. The predicted octanol–water partition coefficient (Wildman–Crippen LogP) is 2.17. The minimum absolute atomic E-state index is 0.0561. The highest BCUT2D eigenvalue weighted by Crippen LogP contribution is 2.18. The molecule has 0 aromatic rings. The van der Waals surface area contributed by atoms with E-state index in [-0.39, 0.29) is 18.2 Å². The maximum Gasteiger partial charge on any atom is 0.315 e. The van der Waals surface area contributed by atoms with E-state index in [1.807, 2.05) is 0 Å². The van der Waals surface area contributed by atoms with E-state index in [0.29, 0.717) is 0 Å². The van der Waals surface area contributed by atoms with Crippen LogP contribution in [-0.2, 0) is 0 Å². The van der Waals surface area contributed by atoms with Gasteiger partial charge in [0.1, 0.15) is 0 Å². The second kappa shape index (κ2) is 8.34. The molecule has 1 rings (SSSR count). The lowest BCUT2D eigenvalue weighted by Gasteiger charge is -2.28. The van der Waals surface area contributed by atoms with E-state index in [9.17, 15) is 9.90 Å². The fraction of sp³-hybridized carbons (Fsp3) is 0.923. The van der Waals surface area contributed by atoms with Crippen molar-refractivity contribution in [3.05, 3.63) is 0 Å². The van der Waals surface area contributed by atoms with Gasteiger partial charge in [-0.2, -0.15) is 0 Å². The van der Waals surface area contributed by atoms with E-state index in [0.717, 1.165) is 38.6 Å². The zero-order valence-electron chi connectivity index (χ0n) is 10.9. The third-order valence-electron chi connectivity index (χ3n) is 3.36. The van der Waals surface area contributed by atoms with Crippen molar-refractivity contribution in [3.8, 4) is 0 Å². The number of aliphatic hydroxyl groups is 1. The number of unbranched alkanes of at least 4 members (excludes halogenated alkanes) is 3. The largest absolute Gasteiger partial charge is 0.391 e. The second-order valence-corrected chi connectivity index (χ2v) is 4.92. The van der Waals surface area contributed by atoms with Crippen LogP contribution < -0.4 is 10.6 Å². The van der Waals surface area contributed by atoms with Crippen LogP contribution in [0, 0.1) is 0 Å². The van der Waals surface area contributed by atoms with Crippen molar-refractivity contribution in [2.45, 2.75) is 70.4 Å². The highest BCUT2D eigenvalue weighted by atomic mass is 16.3. The van der Waals surface area contributed by atoms with Gasteiger partial charge in [0.05, 0.1) is 12.1 Å². The van der Waals surface area contributed by atoms with Gasteiger partial charge in [0, 0.05) is 6.54 Å². The molecule has 3 N–H and O–H groups in total. The summed E-state index contributed by atoms with van der Waals surface area (Å²) >= 11 is 0. The number of carbonyl (C=O) groups excluding carboxylic acids is 1. The van der Waals surface area contributed by atoms with Crippen LogP contribution in [-0.4, -0.2) is 29.8 Å². The molecule has 1 aliphatic rings. The van der Waals surface area contributed by atoms with Crippen LogP contribution in [0.4, 0.5) is 4.79 Å². The minimum Gasteiger partial charge on any atom is -0.391 e. The van der Waals surface area contributed by atoms with Crippen molar-refractivity contribution >= 4 is 6.03 Å². The van der Waals surface area contributed by atoms with Gasteiger partial charge in [0.25, 0.3) is 0 Å². The van der Waals surface area contributed by atoms with Crippen molar-refractivity contribution in [3.63, 3.8) is 0 Å². The Bertz CT molecular complexity index is 221. The summed E-state index contributed by atoms with van der Waals surface area (Å²) in [7, 11) is 0. The molecule has 1 saturated carbocycles. The average molecular weight is 242 g/mol. The summed E-state index contributed by atoms with van der Waals surface area (Å²) in [5, 5.41) is 15.4. The quantitative estimate of drug-likeness (QED) is 0.625. The van der Waals surface area contributed by atoms with Gasteiger partial charge in [0.2, 0.25) is 0 Å². The molecule has 0 spiro atoms. The van der Waals surface area contributed by atoms with Crippen molar-refractivity contribution in [2.75, 3.05) is 6.54 Å². The molecule has 0 heterocycles. The summed E-state index contributed by atoms with van der Waals surface area (Å²) in [6.45, 7) is 2.90. The van der Waals surface area contributed by atoms with Gasteiger partial charge in [-0.3, -0.25) is 0 Å². The third kappa shape index (κ3) is 5.91. The van der Waals surface area contributed by atoms with E-state index < -0.39 is 0 Å². The highest BCUT2D eigenvalue weighted by Gasteiger charge is 2.24. The number of urea groups is 1. The number of aliphatic hydroxyl groups excluding tert-OH is 1. The summed E-state index contributed by atoms with van der Waals surface area (Å²) in [5.41, 5.74) is 0. The van der Waals surface area contributed by atoms with E-state index >= 15 is 0 Å². The van der Waals surface area contributed by atoms with E-state index in [4.69, 9.17) is 0 Å². The van der Waals surface area contributed by atoms with Gasteiger partial charge < -0.3 is 15.7 Å². The lowest BCUT2D eigenvalue weighted by molar-refractivity contribution is 0.0943. The number of hydrogen-bond acceptors (Lipinski definition) is 2. The molecule has 0 aromatic carbocycles. The minimum atomic E-state index is -0.366. The van der Waals surface area contributed by atoms with Gasteiger partial charge >= 0.3 is 6.03 Å². The smallest absolute Gasteiger partial charge is 0.315 e. The molecule has 100 valence electrons. The molecule has 0 bridgehead atoms. The summed E-state index contributed by atoms with van der Waals surface area (Å²) in [5.74, 6) is 0.